The van der Waals surface area contributed by atoms with Crippen LogP contribution in [0.2, 0.25) is 0 Å². The Morgan fingerprint density at radius 1 is 1.00 bits per heavy atom. The summed E-state index contributed by atoms with van der Waals surface area (Å²) in [5, 5.41) is 10.7. The standard InChI is InChI=1S/C32H36N2O7/c1-4-38-14-15-39-23-11-8-21(9-12-23)29-28(32(36)37)24(22-10-13-25-26(16-22)41-18-40-25)17-34(29)30(31(33)35)27-19(2)6-5-7-20(27)3/h5-13,16,24,28-30H,4,14-15,17-18H2,1-3H3,(H2,33,35)(H,36,37). The van der Waals surface area contributed by atoms with Crippen LogP contribution < -0.4 is 19.9 Å². The minimum atomic E-state index is -0.957. The van der Waals surface area contributed by atoms with Crippen LogP contribution in [0.4, 0.5) is 0 Å². The summed E-state index contributed by atoms with van der Waals surface area (Å²) in [6.07, 6.45) is 0. The van der Waals surface area contributed by atoms with Crippen molar-refractivity contribution in [2.45, 2.75) is 38.8 Å². The zero-order chi connectivity index (χ0) is 29.1. The van der Waals surface area contributed by atoms with E-state index in [0.717, 1.165) is 27.8 Å². The molecule has 216 valence electrons. The van der Waals surface area contributed by atoms with Gasteiger partial charge in [-0.3, -0.25) is 14.5 Å². The third-order valence-corrected chi connectivity index (χ3v) is 7.99. The minimum absolute atomic E-state index is 0.121. The van der Waals surface area contributed by atoms with E-state index < -0.39 is 35.8 Å². The molecule has 0 radical (unpaired) electrons. The first-order valence-corrected chi connectivity index (χ1v) is 13.8. The van der Waals surface area contributed by atoms with Crippen LogP contribution in [-0.4, -0.2) is 55.0 Å². The van der Waals surface area contributed by atoms with Gasteiger partial charge in [-0.05, 0) is 72.9 Å². The summed E-state index contributed by atoms with van der Waals surface area (Å²) in [7, 11) is 0. The molecule has 4 unspecified atom stereocenters. The van der Waals surface area contributed by atoms with Gasteiger partial charge in [-0.25, -0.2) is 0 Å². The number of carboxylic acids is 1. The van der Waals surface area contributed by atoms with Gasteiger partial charge >= 0.3 is 5.97 Å². The Morgan fingerprint density at radius 2 is 1.68 bits per heavy atom. The summed E-state index contributed by atoms with van der Waals surface area (Å²) in [5.74, 6) is -0.945. The van der Waals surface area contributed by atoms with E-state index in [1.807, 2.05) is 80.3 Å². The number of primary amides is 1. The zero-order valence-electron chi connectivity index (χ0n) is 23.5. The number of hydrogen-bond acceptors (Lipinski definition) is 7. The lowest BCUT2D eigenvalue weighted by molar-refractivity contribution is -0.143. The normalized spacial score (nSPS) is 20.6. The van der Waals surface area contributed by atoms with Gasteiger partial charge < -0.3 is 29.8 Å². The smallest absolute Gasteiger partial charge is 0.309 e. The van der Waals surface area contributed by atoms with Crippen LogP contribution in [0, 0.1) is 19.8 Å². The fourth-order valence-corrected chi connectivity index (χ4v) is 6.16. The van der Waals surface area contributed by atoms with Crippen molar-refractivity contribution in [2.75, 3.05) is 33.2 Å². The van der Waals surface area contributed by atoms with Crippen LogP contribution in [0.5, 0.6) is 17.2 Å². The second-order valence-electron chi connectivity index (χ2n) is 10.4. The topological polar surface area (TPSA) is 121 Å². The maximum Gasteiger partial charge on any atom is 0.309 e. The Balaban J connectivity index is 1.58. The highest BCUT2D eigenvalue weighted by atomic mass is 16.7. The zero-order valence-corrected chi connectivity index (χ0v) is 23.5. The van der Waals surface area contributed by atoms with Gasteiger partial charge in [0.25, 0.3) is 0 Å². The number of ether oxygens (including phenoxy) is 4. The fraction of sp³-hybridized carbons (Fsp3) is 0.375. The molecule has 2 aliphatic heterocycles. The van der Waals surface area contributed by atoms with Gasteiger partial charge in [0.1, 0.15) is 18.4 Å². The van der Waals surface area contributed by atoms with Crippen molar-refractivity contribution in [1.29, 1.82) is 0 Å². The van der Waals surface area contributed by atoms with Crippen LogP contribution in [0.3, 0.4) is 0 Å². The first-order valence-electron chi connectivity index (χ1n) is 13.8. The highest BCUT2D eigenvalue weighted by molar-refractivity contribution is 5.83. The van der Waals surface area contributed by atoms with E-state index in [1.165, 1.54) is 0 Å². The molecule has 0 saturated carbocycles. The Hall–Kier alpha value is -4.08. The van der Waals surface area contributed by atoms with E-state index in [1.54, 1.807) is 6.07 Å². The van der Waals surface area contributed by atoms with Crippen LogP contribution in [0.25, 0.3) is 0 Å². The molecule has 0 aromatic heterocycles. The van der Waals surface area contributed by atoms with Crippen molar-refractivity contribution in [3.05, 3.63) is 88.5 Å². The first kappa shape index (κ1) is 28.4. The van der Waals surface area contributed by atoms with Crippen molar-refractivity contribution >= 4 is 11.9 Å². The van der Waals surface area contributed by atoms with Gasteiger partial charge in [0, 0.05) is 25.1 Å². The van der Waals surface area contributed by atoms with E-state index in [9.17, 15) is 14.7 Å². The third kappa shape index (κ3) is 5.73. The number of likely N-dealkylation sites (tertiary alicyclic amines) is 1. The van der Waals surface area contributed by atoms with Crippen LogP contribution in [-0.2, 0) is 14.3 Å². The largest absolute Gasteiger partial charge is 0.491 e. The van der Waals surface area contributed by atoms with Gasteiger partial charge in [0.2, 0.25) is 12.7 Å². The SMILES string of the molecule is CCOCCOc1ccc(C2C(C(=O)O)C(c3ccc4c(c3)OCO4)CN2C(C(N)=O)c2c(C)cccc2C)cc1. The number of carboxylic acid groups (broad SMARTS) is 1. The van der Waals surface area contributed by atoms with Crippen molar-refractivity contribution < 1.29 is 33.6 Å². The predicted molar refractivity (Wildman–Crippen MR) is 152 cm³/mol. The second-order valence-corrected chi connectivity index (χ2v) is 10.4. The number of benzene rings is 3. The van der Waals surface area contributed by atoms with E-state index >= 15 is 0 Å². The average Bonchev–Trinajstić information content (AvgIpc) is 3.58. The van der Waals surface area contributed by atoms with E-state index in [4.69, 9.17) is 24.7 Å². The number of carbonyl (C=O) groups excluding carboxylic acids is 1. The Morgan fingerprint density at radius 3 is 2.34 bits per heavy atom. The van der Waals surface area contributed by atoms with Gasteiger partial charge in [-0.1, -0.05) is 36.4 Å². The summed E-state index contributed by atoms with van der Waals surface area (Å²) < 4.78 is 22.2. The number of nitrogens with two attached hydrogens (primary N) is 1. The van der Waals surface area contributed by atoms with Crippen molar-refractivity contribution in [3.63, 3.8) is 0 Å². The summed E-state index contributed by atoms with van der Waals surface area (Å²) in [5.41, 5.74) is 10.3. The fourth-order valence-electron chi connectivity index (χ4n) is 6.16. The molecule has 9 nitrogen and oxygen atoms in total. The summed E-state index contributed by atoms with van der Waals surface area (Å²) >= 11 is 0. The van der Waals surface area contributed by atoms with Crippen LogP contribution >= 0.6 is 0 Å². The van der Waals surface area contributed by atoms with Gasteiger partial charge in [0.15, 0.2) is 11.5 Å². The maximum absolute atomic E-state index is 13.2. The van der Waals surface area contributed by atoms with Crippen molar-refractivity contribution in [1.82, 2.24) is 4.90 Å². The molecule has 1 saturated heterocycles. The molecule has 2 heterocycles. The summed E-state index contributed by atoms with van der Waals surface area (Å²) in [6, 6.07) is 17.3. The van der Waals surface area contributed by atoms with Gasteiger partial charge in [-0.15, -0.1) is 0 Å². The van der Waals surface area contributed by atoms with Crippen LogP contribution in [0.1, 0.15) is 52.7 Å². The number of aliphatic carboxylic acids is 1. The Kier molecular flexibility index (Phi) is 8.46. The average molecular weight is 561 g/mol. The molecule has 3 aromatic rings. The minimum Gasteiger partial charge on any atom is -0.491 e. The number of carbonyl (C=O) groups is 2. The Labute approximate surface area is 239 Å². The molecule has 2 aliphatic rings. The molecule has 41 heavy (non-hydrogen) atoms. The summed E-state index contributed by atoms with van der Waals surface area (Å²) in [6.45, 7) is 7.73. The first-order chi connectivity index (χ1) is 19.8. The molecule has 4 atom stereocenters. The lowest BCUT2D eigenvalue weighted by atomic mass is 9.82. The van der Waals surface area contributed by atoms with E-state index in [2.05, 4.69) is 0 Å². The molecule has 0 aliphatic carbocycles. The molecular formula is C32H36N2O7. The van der Waals surface area contributed by atoms with E-state index in [0.29, 0.717) is 43.6 Å². The number of aryl methyl sites for hydroxylation is 2. The molecule has 1 amide bonds. The number of fused-ring (bicyclic) bond motifs is 1. The number of nitrogens with zero attached hydrogens (tertiary/aromatic N) is 1. The quantitative estimate of drug-likeness (QED) is 0.329. The molecule has 0 bridgehead atoms. The molecule has 1 fully saturated rings. The molecule has 9 heteroatoms. The second kappa shape index (κ2) is 12.2. The lowest BCUT2D eigenvalue weighted by Crippen LogP contribution is -2.39. The molecule has 0 spiro atoms. The predicted octanol–water partition coefficient (Wildman–Crippen LogP) is 4.52. The van der Waals surface area contributed by atoms with Crippen LogP contribution in [0.15, 0.2) is 60.7 Å². The molecular weight excluding hydrogens is 524 g/mol. The summed E-state index contributed by atoms with van der Waals surface area (Å²) in [4.78, 5) is 28.2. The van der Waals surface area contributed by atoms with Crippen molar-refractivity contribution in [3.8, 4) is 17.2 Å². The van der Waals surface area contributed by atoms with Crippen molar-refractivity contribution in [2.24, 2.45) is 11.7 Å². The monoisotopic (exact) mass is 560 g/mol. The number of hydrogen-bond donors (Lipinski definition) is 2. The van der Waals surface area contributed by atoms with E-state index in [-0.39, 0.29) is 6.79 Å². The Bertz CT molecular complexity index is 1390. The highest BCUT2D eigenvalue weighted by Crippen LogP contribution is 2.51. The highest BCUT2D eigenvalue weighted by Gasteiger charge is 2.51. The lowest BCUT2D eigenvalue weighted by Gasteiger charge is -2.34. The molecule has 3 aromatic carbocycles. The van der Waals surface area contributed by atoms with Gasteiger partial charge in [-0.2, -0.15) is 0 Å². The molecule has 5 rings (SSSR count). The molecule has 3 N–H and O–H groups in total. The number of amides is 1. The van der Waals surface area contributed by atoms with Gasteiger partial charge in [0.05, 0.1) is 12.5 Å². The third-order valence-electron chi connectivity index (χ3n) is 7.99. The maximum atomic E-state index is 13.2. The number of rotatable bonds is 11.